The lowest BCUT2D eigenvalue weighted by Crippen LogP contribution is -2.02. The first-order valence-corrected chi connectivity index (χ1v) is 8.87. The van der Waals surface area contributed by atoms with Crippen LogP contribution in [0.25, 0.3) is 0 Å². The third kappa shape index (κ3) is 3.56. The van der Waals surface area contributed by atoms with E-state index in [1.807, 2.05) is 18.2 Å². The Kier molecular flexibility index (Phi) is 4.17. The zero-order valence-electron chi connectivity index (χ0n) is 13.1. The van der Waals surface area contributed by atoms with E-state index in [2.05, 4.69) is 32.2 Å². The first-order valence-electron chi connectivity index (χ1n) is 7.88. The smallest absolute Gasteiger partial charge is 0.237 e. The van der Waals surface area contributed by atoms with Gasteiger partial charge < -0.3 is 10.3 Å². The monoisotopic (exact) mass is 339 g/mol. The van der Waals surface area contributed by atoms with Gasteiger partial charge in [-0.3, -0.25) is 0 Å². The van der Waals surface area contributed by atoms with Crippen molar-refractivity contribution in [3.05, 3.63) is 59.4 Å². The molecule has 0 bridgehead atoms. The number of aromatic nitrogens is 4. The maximum absolute atomic E-state index is 6.07. The van der Waals surface area contributed by atoms with Gasteiger partial charge in [-0.1, -0.05) is 47.3 Å². The second kappa shape index (κ2) is 6.60. The van der Waals surface area contributed by atoms with Crippen molar-refractivity contribution >= 4 is 17.6 Å². The molecule has 0 unspecified atom stereocenters. The van der Waals surface area contributed by atoms with Gasteiger partial charge in [0, 0.05) is 24.1 Å². The first kappa shape index (κ1) is 15.1. The Labute approximate surface area is 143 Å². The Morgan fingerprint density at radius 3 is 2.75 bits per heavy atom. The summed E-state index contributed by atoms with van der Waals surface area (Å²) in [6.45, 7) is 0. The molecule has 2 aromatic heterocycles. The van der Waals surface area contributed by atoms with Crippen molar-refractivity contribution in [1.29, 1.82) is 0 Å². The zero-order chi connectivity index (χ0) is 16.4. The number of nitrogen functional groups attached to an aromatic ring is 1. The van der Waals surface area contributed by atoms with E-state index in [4.69, 9.17) is 10.3 Å². The summed E-state index contributed by atoms with van der Waals surface area (Å²) < 4.78 is 5.25. The first-order chi connectivity index (χ1) is 11.8. The van der Waals surface area contributed by atoms with Crippen molar-refractivity contribution in [2.45, 2.75) is 36.1 Å². The number of hydrogen-bond donors (Lipinski definition) is 1. The third-order valence-corrected chi connectivity index (χ3v) is 4.71. The fourth-order valence-electron chi connectivity index (χ4n) is 2.38. The summed E-state index contributed by atoms with van der Waals surface area (Å²) in [6.07, 6.45) is 4.84. The molecule has 0 aliphatic heterocycles. The Morgan fingerprint density at radius 1 is 1.17 bits per heavy atom. The van der Waals surface area contributed by atoms with Crippen molar-refractivity contribution in [2.75, 3.05) is 5.73 Å². The Balaban J connectivity index is 1.39. The number of rotatable bonds is 6. The molecular formula is C17H17N5OS. The molecule has 0 atom stereocenters. The Hall–Kier alpha value is -2.41. The predicted octanol–water partition coefficient (Wildman–Crippen LogP) is 3.20. The third-order valence-electron chi connectivity index (χ3n) is 3.86. The van der Waals surface area contributed by atoms with Crippen molar-refractivity contribution in [3.8, 4) is 0 Å². The van der Waals surface area contributed by atoms with Gasteiger partial charge in [-0.15, -0.1) is 0 Å². The normalized spacial score (nSPS) is 14.0. The summed E-state index contributed by atoms with van der Waals surface area (Å²) in [6, 6.07) is 10.1. The van der Waals surface area contributed by atoms with Crippen LogP contribution in [-0.4, -0.2) is 20.1 Å². The van der Waals surface area contributed by atoms with E-state index in [0.29, 0.717) is 28.5 Å². The van der Waals surface area contributed by atoms with Crippen LogP contribution in [0, 0.1) is 0 Å². The van der Waals surface area contributed by atoms with E-state index in [-0.39, 0.29) is 0 Å². The molecular weight excluding hydrogens is 322 g/mol. The highest BCUT2D eigenvalue weighted by atomic mass is 32.2. The SMILES string of the molecule is Nc1nc(SCc2nc(C3CC3)no2)ncc1Cc1ccccc1. The quantitative estimate of drug-likeness (QED) is 0.544. The van der Waals surface area contributed by atoms with Crippen LogP contribution >= 0.6 is 11.8 Å². The average molecular weight is 339 g/mol. The number of hydrogen-bond acceptors (Lipinski definition) is 7. The molecule has 6 nitrogen and oxygen atoms in total. The minimum Gasteiger partial charge on any atom is -0.383 e. The average Bonchev–Trinajstić information content (AvgIpc) is 3.35. The molecule has 7 heteroatoms. The van der Waals surface area contributed by atoms with Crippen LogP contribution in [-0.2, 0) is 12.2 Å². The van der Waals surface area contributed by atoms with Gasteiger partial charge in [0.05, 0.1) is 5.75 Å². The van der Waals surface area contributed by atoms with Gasteiger partial charge in [0.2, 0.25) is 5.89 Å². The van der Waals surface area contributed by atoms with Crippen LogP contribution in [0.4, 0.5) is 5.82 Å². The molecule has 1 aromatic carbocycles. The minimum absolute atomic E-state index is 0.497. The fourth-order valence-corrected chi connectivity index (χ4v) is 3.04. The van der Waals surface area contributed by atoms with Gasteiger partial charge in [0.25, 0.3) is 0 Å². The van der Waals surface area contributed by atoms with Crippen LogP contribution in [0.1, 0.15) is 41.6 Å². The molecule has 1 fully saturated rings. The van der Waals surface area contributed by atoms with E-state index in [1.54, 1.807) is 6.20 Å². The van der Waals surface area contributed by atoms with Crippen molar-refractivity contribution < 1.29 is 4.52 Å². The van der Waals surface area contributed by atoms with Crippen LogP contribution in [0.3, 0.4) is 0 Å². The van der Waals surface area contributed by atoms with Crippen molar-refractivity contribution in [3.63, 3.8) is 0 Å². The summed E-state index contributed by atoms with van der Waals surface area (Å²) in [5.74, 6) is 3.00. The topological polar surface area (TPSA) is 90.7 Å². The predicted molar refractivity (Wildman–Crippen MR) is 91.5 cm³/mol. The maximum Gasteiger partial charge on any atom is 0.237 e. The van der Waals surface area contributed by atoms with Gasteiger partial charge in [-0.25, -0.2) is 9.97 Å². The van der Waals surface area contributed by atoms with Gasteiger partial charge in [-0.2, -0.15) is 4.98 Å². The molecule has 0 amide bonds. The Bertz CT molecular complexity index is 832. The van der Waals surface area contributed by atoms with Gasteiger partial charge in [0.1, 0.15) is 5.82 Å². The molecule has 1 saturated carbocycles. The molecule has 0 spiro atoms. The molecule has 2 N–H and O–H groups in total. The van der Waals surface area contributed by atoms with Gasteiger partial charge >= 0.3 is 0 Å². The minimum atomic E-state index is 0.497. The highest BCUT2D eigenvalue weighted by Gasteiger charge is 2.28. The molecule has 3 aromatic rings. The lowest BCUT2D eigenvalue weighted by molar-refractivity contribution is 0.385. The number of nitrogens with two attached hydrogens (primary N) is 1. The lowest BCUT2D eigenvalue weighted by atomic mass is 10.1. The zero-order valence-corrected chi connectivity index (χ0v) is 13.9. The largest absolute Gasteiger partial charge is 0.383 e. The number of benzene rings is 1. The highest BCUT2D eigenvalue weighted by Crippen LogP contribution is 2.38. The number of anilines is 1. The standard InChI is InChI=1S/C17H17N5OS/c18-15-13(8-11-4-2-1-3-5-11)9-19-17(21-15)24-10-14-20-16(22-23-14)12-6-7-12/h1-5,9,12H,6-8,10H2,(H2,18,19,21). The second-order valence-corrected chi connectivity index (χ2v) is 6.78. The van der Waals surface area contributed by atoms with Crippen molar-refractivity contribution in [1.82, 2.24) is 20.1 Å². The molecule has 1 aliphatic carbocycles. The molecule has 0 radical (unpaired) electrons. The number of thioether (sulfide) groups is 1. The summed E-state index contributed by atoms with van der Waals surface area (Å²) in [7, 11) is 0. The molecule has 122 valence electrons. The van der Waals surface area contributed by atoms with Crippen LogP contribution < -0.4 is 5.73 Å². The van der Waals surface area contributed by atoms with Gasteiger partial charge in [-0.05, 0) is 18.4 Å². The van der Waals surface area contributed by atoms with E-state index >= 15 is 0 Å². The van der Waals surface area contributed by atoms with E-state index in [0.717, 1.165) is 30.7 Å². The van der Waals surface area contributed by atoms with E-state index in [9.17, 15) is 0 Å². The fraction of sp³-hybridized carbons (Fsp3) is 0.294. The summed E-state index contributed by atoms with van der Waals surface area (Å²) >= 11 is 1.45. The lowest BCUT2D eigenvalue weighted by Gasteiger charge is -2.06. The van der Waals surface area contributed by atoms with Crippen molar-refractivity contribution in [2.24, 2.45) is 0 Å². The van der Waals surface area contributed by atoms with E-state index in [1.165, 1.54) is 17.3 Å². The Morgan fingerprint density at radius 2 is 2.00 bits per heavy atom. The molecule has 2 heterocycles. The molecule has 4 rings (SSSR count). The van der Waals surface area contributed by atoms with Crippen LogP contribution in [0.15, 0.2) is 46.2 Å². The van der Waals surface area contributed by atoms with E-state index < -0.39 is 0 Å². The summed E-state index contributed by atoms with van der Waals surface area (Å²) in [5, 5.41) is 4.62. The second-order valence-electron chi connectivity index (χ2n) is 5.83. The maximum atomic E-state index is 6.07. The summed E-state index contributed by atoms with van der Waals surface area (Å²) in [5.41, 5.74) is 8.19. The number of nitrogens with zero attached hydrogens (tertiary/aromatic N) is 4. The van der Waals surface area contributed by atoms with Crippen LogP contribution in [0.2, 0.25) is 0 Å². The molecule has 0 saturated heterocycles. The van der Waals surface area contributed by atoms with Crippen LogP contribution in [0.5, 0.6) is 0 Å². The summed E-state index contributed by atoms with van der Waals surface area (Å²) in [4.78, 5) is 13.2. The highest BCUT2D eigenvalue weighted by molar-refractivity contribution is 7.98. The molecule has 24 heavy (non-hydrogen) atoms. The molecule has 1 aliphatic rings. The van der Waals surface area contributed by atoms with Gasteiger partial charge in [0.15, 0.2) is 11.0 Å².